The molecule has 1 aromatic heterocycles. The van der Waals surface area contributed by atoms with Crippen molar-refractivity contribution < 1.29 is 14.3 Å². The standard InChI is InChI=1S/C22H22ClN3O3S/c1-25-9-11-26(12-10-25)22(28)15-5-3-4-6-17(15)24-21(27)20-19(23)16-8-7-14(29-2)13-18(16)30-20/h3-8,13H,9-12H2,1-2H3,(H,24,27). The Morgan fingerprint density at radius 2 is 1.83 bits per heavy atom. The number of ether oxygens (including phenoxy) is 1. The number of hydrogen-bond acceptors (Lipinski definition) is 5. The summed E-state index contributed by atoms with van der Waals surface area (Å²) in [6.45, 7) is 3.01. The second-order valence-electron chi connectivity index (χ2n) is 7.20. The molecule has 0 saturated carbocycles. The first-order chi connectivity index (χ1) is 14.5. The van der Waals surface area contributed by atoms with Crippen LogP contribution in [0.1, 0.15) is 20.0 Å². The van der Waals surface area contributed by atoms with Crippen molar-refractivity contribution in [2.24, 2.45) is 0 Å². The minimum Gasteiger partial charge on any atom is -0.497 e. The first-order valence-corrected chi connectivity index (χ1v) is 10.8. The zero-order valence-corrected chi connectivity index (χ0v) is 18.3. The van der Waals surface area contributed by atoms with E-state index in [9.17, 15) is 9.59 Å². The molecule has 1 aliphatic rings. The molecule has 0 spiro atoms. The van der Waals surface area contributed by atoms with Crippen LogP contribution in [0, 0.1) is 0 Å². The largest absolute Gasteiger partial charge is 0.497 e. The van der Waals surface area contributed by atoms with E-state index < -0.39 is 0 Å². The van der Waals surface area contributed by atoms with Gasteiger partial charge in [0.15, 0.2) is 0 Å². The molecule has 8 heteroatoms. The number of likely N-dealkylation sites (N-methyl/N-ethyl adjacent to an activating group) is 1. The van der Waals surface area contributed by atoms with Crippen molar-refractivity contribution in [3.8, 4) is 5.75 Å². The second-order valence-corrected chi connectivity index (χ2v) is 8.63. The molecular formula is C22H22ClN3O3S. The molecule has 6 nitrogen and oxygen atoms in total. The van der Waals surface area contributed by atoms with Crippen LogP contribution < -0.4 is 10.1 Å². The van der Waals surface area contributed by atoms with E-state index in [0.717, 1.165) is 23.2 Å². The summed E-state index contributed by atoms with van der Waals surface area (Å²) in [7, 11) is 3.64. The van der Waals surface area contributed by atoms with E-state index >= 15 is 0 Å². The minimum atomic E-state index is -0.334. The fourth-order valence-corrected chi connectivity index (χ4v) is 4.90. The third-order valence-corrected chi connectivity index (χ3v) is 6.89. The number of thiophene rings is 1. The highest BCUT2D eigenvalue weighted by Gasteiger charge is 2.24. The predicted octanol–water partition coefficient (Wildman–Crippen LogP) is 4.20. The van der Waals surface area contributed by atoms with Crippen LogP contribution in [0.2, 0.25) is 5.02 Å². The Bertz CT molecular complexity index is 1110. The maximum Gasteiger partial charge on any atom is 0.267 e. The topological polar surface area (TPSA) is 61.9 Å². The van der Waals surface area contributed by atoms with Crippen LogP contribution >= 0.6 is 22.9 Å². The highest BCUT2D eigenvalue weighted by Crippen LogP contribution is 2.37. The molecule has 0 atom stereocenters. The number of halogens is 1. The number of para-hydroxylation sites is 1. The Labute approximate surface area is 184 Å². The van der Waals surface area contributed by atoms with Gasteiger partial charge in [0, 0.05) is 36.3 Å². The van der Waals surface area contributed by atoms with Crippen molar-refractivity contribution in [2.75, 3.05) is 45.7 Å². The number of carbonyl (C=O) groups excluding carboxylic acids is 2. The van der Waals surface area contributed by atoms with Crippen molar-refractivity contribution in [3.63, 3.8) is 0 Å². The van der Waals surface area contributed by atoms with E-state index in [2.05, 4.69) is 10.2 Å². The van der Waals surface area contributed by atoms with Crippen molar-refractivity contribution in [1.29, 1.82) is 0 Å². The monoisotopic (exact) mass is 443 g/mol. The van der Waals surface area contributed by atoms with Gasteiger partial charge in [-0.1, -0.05) is 23.7 Å². The lowest BCUT2D eigenvalue weighted by molar-refractivity contribution is 0.0665. The van der Waals surface area contributed by atoms with E-state index in [-0.39, 0.29) is 11.8 Å². The molecule has 0 radical (unpaired) electrons. The molecule has 30 heavy (non-hydrogen) atoms. The molecule has 2 amide bonds. The Morgan fingerprint density at radius 3 is 2.57 bits per heavy atom. The van der Waals surface area contributed by atoms with Crippen LogP contribution in [0.3, 0.4) is 0 Å². The number of benzene rings is 2. The molecule has 156 valence electrons. The number of amides is 2. The predicted molar refractivity (Wildman–Crippen MR) is 121 cm³/mol. The quantitative estimate of drug-likeness (QED) is 0.656. The minimum absolute atomic E-state index is 0.0776. The number of nitrogens with zero attached hydrogens (tertiary/aromatic N) is 2. The van der Waals surface area contributed by atoms with Crippen LogP contribution in [-0.4, -0.2) is 62.0 Å². The van der Waals surface area contributed by atoms with Crippen molar-refractivity contribution in [1.82, 2.24) is 9.80 Å². The Hall–Kier alpha value is -2.61. The summed E-state index contributed by atoms with van der Waals surface area (Å²) in [5.74, 6) is 0.292. The number of piperazine rings is 1. The molecule has 0 aliphatic carbocycles. The molecule has 4 rings (SSSR count). The molecular weight excluding hydrogens is 422 g/mol. The van der Waals surface area contributed by atoms with Gasteiger partial charge in [0.25, 0.3) is 11.8 Å². The van der Waals surface area contributed by atoms with Gasteiger partial charge in [-0.25, -0.2) is 0 Å². The fourth-order valence-electron chi connectivity index (χ4n) is 3.46. The van der Waals surface area contributed by atoms with Crippen LogP contribution in [0.25, 0.3) is 10.1 Å². The van der Waals surface area contributed by atoms with Gasteiger partial charge in [-0.2, -0.15) is 0 Å². The number of methoxy groups -OCH3 is 1. The number of hydrogen-bond donors (Lipinski definition) is 1. The Morgan fingerprint density at radius 1 is 1.10 bits per heavy atom. The SMILES string of the molecule is COc1ccc2c(Cl)c(C(=O)Nc3ccccc3C(=O)N3CCN(C)CC3)sc2c1. The molecule has 3 aromatic rings. The van der Waals surface area contributed by atoms with Gasteiger partial charge in [-0.3, -0.25) is 9.59 Å². The van der Waals surface area contributed by atoms with Crippen molar-refractivity contribution in [2.45, 2.75) is 0 Å². The van der Waals surface area contributed by atoms with E-state index in [4.69, 9.17) is 16.3 Å². The van der Waals surface area contributed by atoms with Crippen LogP contribution in [0.15, 0.2) is 42.5 Å². The van der Waals surface area contributed by atoms with Crippen LogP contribution in [0.5, 0.6) is 5.75 Å². The number of carbonyl (C=O) groups is 2. The van der Waals surface area contributed by atoms with Gasteiger partial charge in [-0.05, 0) is 37.4 Å². The summed E-state index contributed by atoms with van der Waals surface area (Å²) < 4.78 is 6.12. The second kappa shape index (κ2) is 8.63. The lowest BCUT2D eigenvalue weighted by Crippen LogP contribution is -2.47. The van der Waals surface area contributed by atoms with Gasteiger partial charge in [0.1, 0.15) is 10.6 Å². The van der Waals surface area contributed by atoms with E-state index in [1.54, 1.807) is 31.4 Å². The van der Waals surface area contributed by atoms with E-state index in [1.165, 1.54) is 11.3 Å². The van der Waals surface area contributed by atoms with E-state index in [1.807, 2.05) is 30.1 Å². The molecule has 1 N–H and O–H groups in total. The normalized spacial score (nSPS) is 14.7. The van der Waals surface area contributed by atoms with Gasteiger partial charge in [0.2, 0.25) is 0 Å². The van der Waals surface area contributed by atoms with Gasteiger partial charge in [-0.15, -0.1) is 11.3 Å². The Balaban J connectivity index is 1.59. The fraction of sp³-hybridized carbons (Fsp3) is 0.273. The Kier molecular flexibility index (Phi) is 5.94. The van der Waals surface area contributed by atoms with E-state index in [0.29, 0.717) is 40.0 Å². The molecule has 1 aliphatic heterocycles. The van der Waals surface area contributed by atoms with Crippen molar-refractivity contribution in [3.05, 3.63) is 57.9 Å². The third-order valence-electron chi connectivity index (χ3n) is 5.24. The summed E-state index contributed by atoms with van der Waals surface area (Å²) in [6, 6.07) is 12.6. The summed E-state index contributed by atoms with van der Waals surface area (Å²) in [5.41, 5.74) is 0.965. The van der Waals surface area contributed by atoms with Gasteiger partial charge >= 0.3 is 0 Å². The third kappa shape index (κ3) is 4.01. The van der Waals surface area contributed by atoms with Crippen molar-refractivity contribution >= 4 is 50.5 Å². The smallest absolute Gasteiger partial charge is 0.267 e. The zero-order chi connectivity index (χ0) is 21.3. The average Bonchev–Trinajstić information content (AvgIpc) is 3.10. The lowest BCUT2D eigenvalue weighted by Gasteiger charge is -2.32. The highest BCUT2D eigenvalue weighted by molar-refractivity contribution is 7.21. The number of anilines is 1. The maximum absolute atomic E-state index is 13.0. The first kappa shape index (κ1) is 20.7. The summed E-state index contributed by atoms with van der Waals surface area (Å²) in [5, 5.41) is 4.09. The molecule has 0 bridgehead atoms. The summed E-state index contributed by atoms with van der Waals surface area (Å²) in [4.78, 5) is 30.5. The number of rotatable bonds is 4. The molecule has 1 fully saturated rings. The molecule has 2 aromatic carbocycles. The maximum atomic E-state index is 13.0. The average molecular weight is 444 g/mol. The first-order valence-electron chi connectivity index (χ1n) is 9.62. The lowest BCUT2D eigenvalue weighted by atomic mass is 10.1. The number of nitrogens with one attached hydrogen (secondary N) is 1. The highest BCUT2D eigenvalue weighted by atomic mass is 35.5. The summed E-state index contributed by atoms with van der Waals surface area (Å²) in [6.07, 6.45) is 0. The zero-order valence-electron chi connectivity index (χ0n) is 16.8. The van der Waals surface area contributed by atoms with Crippen LogP contribution in [-0.2, 0) is 0 Å². The van der Waals surface area contributed by atoms with Gasteiger partial charge in [0.05, 0.1) is 23.4 Å². The summed E-state index contributed by atoms with van der Waals surface area (Å²) >= 11 is 7.78. The number of fused-ring (bicyclic) bond motifs is 1. The molecule has 1 saturated heterocycles. The molecule has 0 unspecified atom stereocenters. The van der Waals surface area contributed by atoms with Gasteiger partial charge < -0.3 is 19.9 Å². The molecule has 2 heterocycles. The van der Waals surface area contributed by atoms with Crippen LogP contribution in [0.4, 0.5) is 5.69 Å².